The average Bonchev–Trinajstić information content (AvgIpc) is 2.52. The highest BCUT2D eigenvalue weighted by Gasteiger charge is 2.01. The summed E-state index contributed by atoms with van der Waals surface area (Å²) in [5.74, 6) is 1.56. The zero-order valence-corrected chi connectivity index (χ0v) is 13.6. The summed E-state index contributed by atoms with van der Waals surface area (Å²) in [6.45, 7) is 4.22. The molecule has 0 atom stereocenters. The van der Waals surface area contributed by atoms with Gasteiger partial charge in [0.1, 0.15) is 11.5 Å². The molecule has 0 fully saturated rings. The fourth-order valence-electron chi connectivity index (χ4n) is 2.05. The van der Waals surface area contributed by atoms with Crippen LogP contribution in [0, 0.1) is 0 Å². The van der Waals surface area contributed by atoms with Gasteiger partial charge in [-0.05, 0) is 37.3 Å². The Labute approximate surface area is 136 Å². The zero-order chi connectivity index (χ0) is 15.8. The Morgan fingerprint density at radius 2 is 1.73 bits per heavy atom. The molecule has 0 bridgehead atoms. The monoisotopic (exact) mass is 320 g/mol. The third-order valence-electron chi connectivity index (χ3n) is 3.08. The molecule has 0 unspecified atom stereocenters. The van der Waals surface area contributed by atoms with E-state index in [9.17, 15) is 0 Å². The van der Waals surface area contributed by atoms with E-state index in [1.807, 2.05) is 49.4 Å². The summed E-state index contributed by atoms with van der Waals surface area (Å²) in [6.07, 6.45) is 0. The summed E-state index contributed by atoms with van der Waals surface area (Å²) < 4.78 is 10.6. The Balaban J connectivity index is 1.79. The SMILES string of the molecule is CCOc1cccc(NCCNc2ccc(OC)c(Cl)c2)c1. The number of anilines is 2. The van der Waals surface area contributed by atoms with Crippen molar-refractivity contribution in [3.63, 3.8) is 0 Å². The van der Waals surface area contributed by atoms with E-state index in [0.29, 0.717) is 17.4 Å². The number of nitrogens with one attached hydrogen (secondary N) is 2. The lowest BCUT2D eigenvalue weighted by Gasteiger charge is -2.11. The molecule has 0 amide bonds. The minimum Gasteiger partial charge on any atom is -0.495 e. The molecule has 22 heavy (non-hydrogen) atoms. The summed E-state index contributed by atoms with van der Waals surface area (Å²) >= 11 is 6.09. The fourth-order valence-corrected chi connectivity index (χ4v) is 2.31. The predicted molar refractivity (Wildman–Crippen MR) is 92.6 cm³/mol. The second-order valence-corrected chi connectivity index (χ2v) is 5.07. The third-order valence-corrected chi connectivity index (χ3v) is 3.38. The van der Waals surface area contributed by atoms with Crippen molar-refractivity contribution in [1.82, 2.24) is 0 Å². The standard InChI is InChI=1S/C17H21ClN2O2/c1-3-22-15-6-4-5-13(11-15)19-9-10-20-14-7-8-17(21-2)16(18)12-14/h4-8,11-12,19-20H,3,9-10H2,1-2H3. The molecule has 0 radical (unpaired) electrons. The largest absolute Gasteiger partial charge is 0.495 e. The Hall–Kier alpha value is -2.07. The van der Waals surface area contributed by atoms with Gasteiger partial charge in [-0.25, -0.2) is 0 Å². The predicted octanol–water partition coefficient (Wildman–Crippen LogP) is 4.27. The Morgan fingerprint density at radius 3 is 2.36 bits per heavy atom. The quantitative estimate of drug-likeness (QED) is 0.713. The highest BCUT2D eigenvalue weighted by molar-refractivity contribution is 6.32. The average molecular weight is 321 g/mol. The number of benzene rings is 2. The van der Waals surface area contributed by atoms with Gasteiger partial charge in [0, 0.05) is 30.5 Å². The fraction of sp³-hybridized carbons (Fsp3) is 0.294. The highest BCUT2D eigenvalue weighted by atomic mass is 35.5. The van der Waals surface area contributed by atoms with Gasteiger partial charge in [-0.1, -0.05) is 17.7 Å². The smallest absolute Gasteiger partial charge is 0.137 e. The van der Waals surface area contributed by atoms with Crippen LogP contribution in [-0.2, 0) is 0 Å². The van der Waals surface area contributed by atoms with Gasteiger partial charge in [0.25, 0.3) is 0 Å². The number of ether oxygens (including phenoxy) is 2. The van der Waals surface area contributed by atoms with Gasteiger partial charge in [0.05, 0.1) is 18.7 Å². The van der Waals surface area contributed by atoms with Crippen molar-refractivity contribution < 1.29 is 9.47 Å². The molecule has 5 heteroatoms. The molecule has 2 aromatic rings. The topological polar surface area (TPSA) is 42.5 Å². The summed E-state index contributed by atoms with van der Waals surface area (Å²) in [5.41, 5.74) is 2.01. The Bertz CT molecular complexity index is 605. The zero-order valence-electron chi connectivity index (χ0n) is 12.9. The van der Waals surface area contributed by atoms with Gasteiger partial charge in [-0.15, -0.1) is 0 Å². The molecular weight excluding hydrogens is 300 g/mol. The maximum atomic E-state index is 6.09. The van der Waals surface area contributed by atoms with Gasteiger partial charge < -0.3 is 20.1 Å². The second kappa shape index (κ2) is 8.39. The first kappa shape index (κ1) is 16.3. The molecule has 0 saturated heterocycles. The minimum atomic E-state index is 0.602. The third kappa shape index (κ3) is 4.74. The van der Waals surface area contributed by atoms with E-state index in [0.717, 1.165) is 30.2 Å². The van der Waals surface area contributed by atoms with Crippen molar-refractivity contribution in [1.29, 1.82) is 0 Å². The van der Waals surface area contributed by atoms with Crippen LogP contribution in [0.15, 0.2) is 42.5 Å². The first-order valence-corrected chi connectivity index (χ1v) is 7.65. The number of hydrogen-bond acceptors (Lipinski definition) is 4. The summed E-state index contributed by atoms with van der Waals surface area (Å²) in [6, 6.07) is 13.6. The summed E-state index contributed by atoms with van der Waals surface area (Å²) in [4.78, 5) is 0. The van der Waals surface area contributed by atoms with Crippen molar-refractivity contribution in [3.05, 3.63) is 47.5 Å². The normalized spacial score (nSPS) is 10.1. The van der Waals surface area contributed by atoms with Crippen LogP contribution in [0.1, 0.15) is 6.92 Å². The van der Waals surface area contributed by atoms with E-state index in [-0.39, 0.29) is 0 Å². The van der Waals surface area contributed by atoms with Crippen LogP contribution < -0.4 is 20.1 Å². The molecular formula is C17H21ClN2O2. The molecule has 118 valence electrons. The van der Waals surface area contributed by atoms with Gasteiger partial charge in [0.15, 0.2) is 0 Å². The molecule has 0 heterocycles. The summed E-state index contributed by atoms with van der Waals surface area (Å²) in [5, 5.41) is 7.27. The van der Waals surface area contributed by atoms with Crippen LogP contribution in [0.25, 0.3) is 0 Å². The van der Waals surface area contributed by atoms with E-state index < -0.39 is 0 Å². The highest BCUT2D eigenvalue weighted by Crippen LogP contribution is 2.27. The van der Waals surface area contributed by atoms with E-state index in [4.69, 9.17) is 21.1 Å². The van der Waals surface area contributed by atoms with Gasteiger partial charge in [0.2, 0.25) is 0 Å². The van der Waals surface area contributed by atoms with E-state index in [2.05, 4.69) is 10.6 Å². The maximum absolute atomic E-state index is 6.09. The van der Waals surface area contributed by atoms with Gasteiger partial charge in [-0.2, -0.15) is 0 Å². The van der Waals surface area contributed by atoms with Crippen LogP contribution in [0.2, 0.25) is 5.02 Å². The Morgan fingerprint density at radius 1 is 1.00 bits per heavy atom. The number of rotatable bonds is 8. The van der Waals surface area contributed by atoms with Crippen LogP contribution in [0.3, 0.4) is 0 Å². The number of methoxy groups -OCH3 is 1. The van der Waals surface area contributed by atoms with Crippen molar-refractivity contribution in [2.45, 2.75) is 6.92 Å². The van der Waals surface area contributed by atoms with Crippen molar-refractivity contribution in [2.75, 3.05) is 37.4 Å². The van der Waals surface area contributed by atoms with E-state index in [1.54, 1.807) is 7.11 Å². The lowest BCUT2D eigenvalue weighted by atomic mass is 10.3. The maximum Gasteiger partial charge on any atom is 0.137 e. The molecule has 0 aliphatic rings. The minimum absolute atomic E-state index is 0.602. The van der Waals surface area contributed by atoms with Crippen molar-refractivity contribution >= 4 is 23.0 Å². The molecule has 2 N–H and O–H groups in total. The molecule has 4 nitrogen and oxygen atoms in total. The van der Waals surface area contributed by atoms with Crippen molar-refractivity contribution in [2.24, 2.45) is 0 Å². The van der Waals surface area contributed by atoms with Crippen LogP contribution in [0.5, 0.6) is 11.5 Å². The molecule has 0 aliphatic heterocycles. The number of halogens is 1. The number of hydrogen-bond donors (Lipinski definition) is 2. The van der Waals surface area contributed by atoms with E-state index in [1.165, 1.54) is 0 Å². The van der Waals surface area contributed by atoms with E-state index >= 15 is 0 Å². The molecule has 2 rings (SSSR count). The molecule has 0 saturated carbocycles. The second-order valence-electron chi connectivity index (χ2n) is 4.66. The molecule has 0 aliphatic carbocycles. The van der Waals surface area contributed by atoms with Crippen LogP contribution >= 0.6 is 11.6 Å². The first-order valence-electron chi connectivity index (χ1n) is 7.27. The summed E-state index contributed by atoms with van der Waals surface area (Å²) in [7, 11) is 1.61. The van der Waals surface area contributed by atoms with Gasteiger partial charge >= 0.3 is 0 Å². The van der Waals surface area contributed by atoms with Crippen LogP contribution in [0.4, 0.5) is 11.4 Å². The molecule has 0 spiro atoms. The Kier molecular flexibility index (Phi) is 6.22. The first-order chi connectivity index (χ1) is 10.7. The molecule has 0 aromatic heterocycles. The van der Waals surface area contributed by atoms with Crippen molar-refractivity contribution in [3.8, 4) is 11.5 Å². The lowest BCUT2D eigenvalue weighted by Crippen LogP contribution is -2.13. The lowest BCUT2D eigenvalue weighted by molar-refractivity contribution is 0.340. The van der Waals surface area contributed by atoms with Crippen LogP contribution in [-0.4, -0.2) is 26.8 Å². The molecule has 2 aromatic carbocycles. The van der Waals surface area contributed by atoms with Gasteiger partial charge in [-0.3, -0.25) is 0 Å².